The molecule has 0 saturated carbocycles. The van der Waals surface area contributed by atoms with E-state index in [9.17, 15) is 0 Å². The van der Waals surface area contributed by atoms with Crippen LogP contribution >= 0.6 is 0 Å². The quantitative estimate of drug-likeness (QED) is 0.311. The Morgan fingerprint density at radius 3 is 1.25 bits per heavy atom. The number of aromatic nitrogens is 8. The van der Waals surface area contributed by atoms with Crippen LogP contribution in [-0.4, -0.2) is 41.2 Å². The topological polar surface area (TPSA) is 109 Å². The summed E-state index contributed by atoms with van der Waals surface area (Å²) in [7, 11) is 0. The van der Waals surface area contributed by atoms with E-state index in [4.69, 9.17) is 0 Å². The summed E-state index contributed by atoms with van der Waals surface area (Å²) in [6, 6.07) is 0. The third-order valence-electron chi connectivity index (χ3n) is 0.479. The summed E-state index contributed by atoms with van der Waals surface area (Å²) in [5.74, 6) is 0. The van der Waals surface area contributed by atoms with Crippen molar-refractivity contribution in [1.29, 1.82) is 0 Å². The van der Waals surface area contributed by atoms with Crippen molar-refractivity contribution in [2.24, 2.45) is 0 Å². The molecule has 0 saturated heterocycles. The molecule has 0 bridgehead atoms. The van der Waals surface area contributed by atoms with Crippen molar-refractivity contribution in [3.63, 3.8) is 0 Å². The summed E-state index contributed by atoms with van der Waals surface area (Å²) < 4.78 is 0. The molecule has 0 radical (unpaired) electrons. The van der Waals surface area contributed by atoms with Crippen molar-refractivity contribution in [2.45, 2.75) is 0 Å². The Balaban J connectivity index is 0. The number of nitrogens with one attached hydrogen (secondary N) is 2. The van der Waals surface area contributed by atoms with Gasteiger partial charge < -0.3 is 20.4 Å². The van der Waals surface area contributed by atoms with E-state index in [1.165, 1.54) is 0 Å². The van der Waals surface area contributed by atoms with Gasteiger partial charge in [-0.3, -0.25) is 0 Å². The predicted octanol–water partition coefficient (Wildman–Crippen LogP) is -7.99. The maximum atomic E-state index is 3.25. The Kier molecular flexibility index (Phi) is 13.6. The SMILES string of the molecule is [Na+].[Na+].[c-]1nn[nH]n1.[c-]1nn[nH]n1. The van der Waals surface area contributed by atoms with Gasteiger partial charge in [-0.2, -0.15) is 0 Å². The van der Waals surface area contributed by atoms with Crippen LogP contribution in [-0.2, 0) is 0 Å². The first-order chi connectivity index (χ1) is 5.00. The molecule has 0 amide bonds. The van der Waals surface area contributed by atoms with Crippen LogP contribution in [0.4, 0.5) is 0 Å². The van der Waals surface area contributed by atoms with Gasteiger partial charge in [0, 0.05) is 0 Å². The second-order valence-corrected chi connectivity index (χ2v) is 1.02. The van der Waals surface area contributed by atoms with Crippen molar-refractivity contribution >= 4 is 0 Å². The molecule has 0 unspecified atom stereocenters. The maximum Gasteiger partial charge on any atom is 1.00 e. The van der Waals surface area contributed by atoms with Gasteiger partial charge in [0.15, 0.2) is 0 Å². The first-order valence-corrected chi connectivity index (χ1v) is 2.19. The fourth-order valence-corrected chi connectivity index (χ4v) is 0.224. The third kappa shape index (κ3) is 8.24. The summed E-state index contributed by atoms with van der Waals surface area (Å²) in [5.41, 5.74) is 0. The number of hydrogen-bond acceptors (Lipinski definition) is 6. The second-order valence-electron chi connectivity index (χ2n) is 1.02. The summed E-state index contributed by atoms with van der Waals surface area (Å²) in [6.07, 6.45) is 4.39. The van der Waals surface area contributed by atoms with Gasteiger partial charge >= 0.3 is 59.1 Å². The molecule has 52 valence electrons. The summed E-state index contributed by atoms with van der Waals surface area (Å²) in [6.45, 7) is 0. The number of nitrogens with zero attached hydrogens (tertiary/aromatic N) is 6. The van der Waals surface area contributed by atoms with E-state index in [2.05, 4.69) is 53.9 Å². The Hall–Kier alpha value is 0.140. The largest absolute Gasteiger partial charge is 1.00 e. The van der Waals surface area contributed by atoms with Gasteiger partial charge in [0.1, 0.15) is 0 Å². The molecule has 0 atom stereocenters. The average Bonchev–Trinajstić information content (AvgIpc) is 2.67. The Bertz CT molecular complexity index is 154. The Morgan fingerprint density at radius 1 is 0.750 bits per heavy atom. The number of hydrogen-bond donors (Lipinski definition) is 2. The van der Waals surface area contributed by atoms with Gasteiger partial charge in [0.2, 0.25) is 0 Å². The Labute approximate surface area is 112 Å². The summed E-state index contributed by atoms with van der Waals surface area (Å²) >= 11 is 0. The van der Waals surface area contributed by atoms with Crippen LogP contribution in [0.25, 0.3) is 0 Å². The summed E-state index contributed by atoms with van der Waals surface area (Å²) in [4.78, 5) is 0. The zero-order valence-electron chi connectivity index (χ0n) is 6.68. The van der Waals surface area contributed by atoms with Gasteiger partial charge in [0.25, 0.3) is 0 Å². The van der Waals surface area contributed by atoms with Crippen LogP contribution in [0, 0.1) is 12.7 Å². The minimum atomic E-state index is 0. The molecule has 0 spiro atoms. The molecule has 0 aliphatic rings. The predicted molar refractivity (Wildman–Crippen MR) is 26.0 cm³/mol. The van der Waals surface area contributed by atoms with Crippen molar-refractivity contribution < 1.29 is 59.1 Å². The van der Waals surface area contributed by atoms with E-state index >= 15 is 0 Å². The first-order valence-electron chi connectivity index (χ1n) is 2.19. The molecule has 12 heavy (non-hydrogen) atoms. The third-order valence-corrected chi connectivity index (χ3v) is 0.479. The maximum absolute atomic E-state index is 3.25. The van der Waals surface area contributed by atoms with E-state index in [0.29, 0.717) is 0 Å². The number of tetrazole rings is 2. The van der Waals surface area contributed by atoms with Gasteiger partial charge in [-0.05, 0) is 0 Å². The molecule has 0 aromatic carbocycles. The van der Waals surface area contributed by atoms with E-state index in [1.807, 2.05) is 0 Å². The number of rotatable bonds is 0. The minimum absolute atomic E-state index is 0. The smallest absolute Gasteiger partial charge is 0.357 e. The Morgan fingerprint density at radius 2 is 1.17 bits per heavy atom. The molecule has 0 fully saturated rings. The molecular formula is C2H2N8Na2. The van der Waals surface area contributed by atoms with E-state index in [1.54, 1.807) is 0 Å². The van der Waals surface area contributed by atoms with Gasteiger partial charge in [-0.1, -0.05) is 10.4 Å². The fraction of sp³-hybridized carbons (Fsp3) is 0. The molecular weight excluding hydrogens is 182 g/mol. The first kappa shape index (κ1) is 14.7. The van der Waals surface area contributed by atoms with Crippen LogP contribution in [0.2, 0.25) is 0 Å². The van der Waals surface area contributed by atoms with E-state index in [-0.39, 0.29) is 59.1 Å². The molecule has 8 nitrogen and oxygen atoms in total. The zero-order chi connectivity index (χ0) is 7.07. The monoisotopic (exact) mass is 184 g/mol. The van der Waals surface area contributed by atoms with Crippen molar-refractivity contribution in [2.75, 3.05) is 0 Å². The summed E-state index contributed by atoms with van der Waals surface area (Å²) in [5, 5.41) is 23.6. The van der Waals surface area contributed by atoms with E-state index in [0.717, 1.165) is 0 Å². The van der Waals surface area contributed by atoms with Gasteiger partial charge in [0.05, 0.1) is 0 Å². The minimum Gasteiger partial charge on any atom is -0.357 e. The second kappa shape index (κ2) is 11.1. The van der Waals surface area contributed by atoms with Crippen molar-refractivity contribution in [3.05, 3.63) is 12.7 Å². The van der Waals surface area contributed by atoms with Crippen LogP contribution < -0.4 is 59.1 Å². The molecule has 2 rings (SSSR count). The van der Waals surface area contributed by atoms with Gasteiger partial charge in [-0.25, -0.2) is 23.1 Å². The molecule has 10 heteroatoms. The molecule has 2 heterocycles. The van der Waals surface area contributed by atoms with Crippen LogP contribution in [0.3, 0.4) is 0 Å². The normalized spacial score (nSPS) is 6.67. The number of H-pyrrole nitrogens is 2. The standard InChI is InChI=1S/2CHN4.2Na/c2*1-2-4-5-3-1;;/h2*(H,2,3,4,5);;/q2*-1;2*+1. The van der Waals surface area contributed by atoms with E-state index < -0.39 is 0 Å². The average molecular weight is 184 g/mol. The van der Waals surface area contributed by atoms with Crippen molar-refractivity contribution in [3.8, 4) is 0 Å². The molecule has 0 aliphatic heterocycles. The van der Waals surface area contributed by atoms with Gasteiger partial charge in [-0.15, -0.1) is 0 Å². The molecule has 0 aliphatic carbocycles. The molecule has 2 aromatic heterocycles. The number of aromatic amines is 2. The van der Waals surface area contributed by atoms with Crippen LogP contribution in [0.5, 0.6) is 0 Å². The van der Waals surface area contributed by atoms with Crippen molar-refractivity contribution in [1.82, 2.24) is 41.2 Å². The molecule has 2 aromatic rings. The fourth-order valence-electron chi connectivity index (χ4n) is 0.224. The zero-order valence-corrected chi connectivity index (χ0v) is 10.7. The molecule has 2 N–H and O–H groups in total. The van der Waals surface area contributed by atoms with Crippen LogP contribution in [0.15, 0.2) is 0 Å². The van der Waals surface area contributed by atoms with Crippen LogP contribution in [0.1, 0.15) is 0 Å².